The third-order valence-corrected chi connectivity index (χ3v) is 9.40. The van der Waals surface area contributed by atoms with Gasteiger partial charge in [-0.1, -0.05) is 0 Å². The zero-order chi connectivity index (χ0) is 33.3. The molecule has 16 heteroatoms. The monoisotopic (exact) mass is 680 g/mol. The number of rotatable bonds is 8. The highest BCUT2D eigenvalue weighted by Gasteiger charge is 2.38. The topological polar surface area (TPSA) is 96.7 Å². The molecule has 2 aromatic heterocycles. The number of hydrogen-bond acceptors (Lipinski definition) is 9. The summed E-state index contributed by atoms with van der Waals surface area (Å²) in [4.78, 5) is 23.4. The molecule has 0 amide bonds. The lowest BCUT2D eigenvalue weighted by atomic mass is 9.92. The first kappa shape index (κ1) is 32.7. The van der Waals surface area contributed by atoms with E-state index >= 15 is 0 Å². The third kappa shape index (κ3) is 7.87. The van der Waals surface area contributed by atoms with Crippen molar-refractivity contribution >= 4 is 38.7 Å². The molecule has 47 heavy (non-hydrogen) atoms. The highest BCUT2D eigenvalue weighted by Crippen LogP contribution is 2.38. The van der Waals surface area contributed by atoms with Gasteiger partial charge in [-0.15, -0.1) is 11.3 Å². The van der Waals surface area contributed by atoms with Crippen LogP contribution in [0.2, 0.25) is 0 Å². The quantitative estimate of drug-likeness (QED) is 0.115. The van der Waals surface area contributed by atoms with Gasteiger partial charge >= 0.3 is 12.4 Å². The maximum atomic E-state index is 13.3. The molecule has 1 aliphatic heterocycles. The smallest absolute Gasteiger partial charge is 0.423 e. The summed E-state index contributed by atoms with van der Waals surface area (Å²) in [5.41, 5.74) is -2.40. The minimum atomic E-state index is -4.83. The largest absolute Gasteiger partial charge is 0.489 e. The molecule has 250 valence electrons. The number of piperazine rings is 1. The van der Waals surface area contributed by atoms with Crippen LogP contribution in [0.5, 0.6) is 5.75 Å². The summed E-state index contributed by atoms with van der Waals surface area (Å²) in [5, 5.41) is 14.9. The zero-order valence-electron chi connectivity index (χ0n) is 24.9. The number of nitro benzene ring substituents is 1. The van der Waals surface area contributed by atoms with Gasteiger partial charge in [-0.05, 0) is 68.1 Å². The normalized spacial score (nSPS) is 19.6. The van der Waals surface area contributed by atoms with E-state index in [-0.39, 0.29) is 17.8 Å². The molecule has 1 aliphatic carbocycles. The van der Waals surface area contributed by atoms with Gasteiger partial charge in [0.05, 0.1) is 39.5 Å². The summed E-state index contributed by atoms with van der Waals surface area (Å²) in [6, 6.07) is 10.3. The SMILES string of the molecule is O=[N+]([O-])c1ccc(NC2CCC(Oc3ccc(N4CCN(Cc5nc6cc(C(F)(F)F)ccc6s5)CC4)nc3)CC2)cc1C(F)(F)F. The van der Waals surface area contributed by atoms with Gasteiger partial charge in [0.25, 0.3) is 5.69 Å². The van der Waals surface area contributed by atoms with E-state index in [2.05, 4.69) is 25.1 Å². The van der Waals surface area contributed by atoms with Crippen molar-refractivity contribution in [1.29, 1.82) is 0 Å². The van der Waals surface area contributed by atoms with Crippen molar-refractivity contribution in [3.8, 4) is 5.75 Å². The molecular weight excluding hydrogens is 650 g/mol. The first-order valence-electron chi connectivity index (χ1n) is 15.0. The Morgan fingerprint density at radius 2 is 1.68 bits per heavy atom. The van der Waals surface area contributed by atoms with Crippen LogP contribution in [-0.2, 0) is 18.9 Å². The number of nitro groups is 1. The van der Waals surface area contributed by atoms with Crippen LogP contribution in [0.15, 0.2) is 54.7 Å². The average molecular weight is 681 g/mol. The number of thiazole rings is 1. The molecule has 2 aliphatic rings. The van der Waals surface area contributed by atoms with Crippen molar-refractivity contribution in [2.45, 2.75) is 56.7 Å². The summed E-state index contributed by atoms with van der Waals surface area (Å²) in [6.07, 6.45) is -4.96. The molecule has 1 N–H and O–H groups in total. The number of aromatic nitrogens is 2. The number of anilines is 2. The standard InChI is InChI=1S/C31H30F6N6O3S/c32-30(33,34)19-1-9-27-25(15-19)40-29(47-27)18-41-11-13-42(14-12-41)28-10-7-23(17-38-28)46-22-5-2-20(3-6-22)39-21-4-8-26(43(44)45)24(16-21)31(35,36)37/h1,4,7-10,15-17,20,22,39H,2-3,5-6,11-14,18H2. The maximum absolute atomic E-state index is 13.3. The zero-order valence-corrected chi connectivity index (χ0v) is 25.7. The lowest BCUT2D eigenvalue weighted by Gasteiger charge is -2.35. The van der Waals surface area contributed by atoms with E-state index in [1.807, 2.05) is 12.1 Å². The first-order valence-corrected chi connectivity index (χ1v) is 15.8. The molecule has 4 aromatic rings. The fraction of sp³-hybridized carbons (Fsp3) is 0.419. The van der Waals surface area contributed by atoms with Gasteiger partial charge in [-0.3, -0.25) is 15.0 Å². The molecule has 0 atom stereocenters. The van der Waals surface area contributed by atoms with Gasteiger partial charge in [0.1, 0.15) is 22.1 Å². The van der Waals surface area contributed by atoms with Crippen molar-refractivity contribution < 1.29 is 36.0 Å². The fourth-order valence-corrected chi connectivity index (χ4v) is 6.93. The lowest BCUT2D eigenvalue weighted by Crippen LogP contribution is -2.46. The number of fused-ring (bicyclic) bond motifs is 1. The molecule has 0 spiro atoms. The Balaban J connectivity index is 0.957. The van der Waals surface area contributed by atoms with E-state index in [9.17, 15) is 36.5 Å². The van der Waals surface area contributed by atoms with E-state index in [0.717, 1.165) is 66.0 Å². The van der Waals surface area contributed by atoms with Gasteiger partial charge in [0.15, 0.2) is 0 Å². The van der Waals surface area contributed by atoms with Crippen LogP contribution in [-0.4, -0.2) is 58.1 Å². The number of nitrogens with one attached hydrogen (secondary N) is 1. The molecule has 9 nitrogen and oxygen atoms in total. The summed E-state index contributed by atoms with van der Waals surface area (Å²) in [6.45, 7) is 3.52. The van der Waals surface area contributed by atoms with Crippen LogP contribution in [0, 0.1) is 10.1 Å². The van der Waals surface area contributed by atoms with Gasteiger partial charge in [-0.25, -0.2) is 9.97 Å². The van der Waals surface area contributed by atoms with E-state index in [1.54, 1.807) is 6.20 Å². The Bertz CT molecular complexity index is 1720. The molecule has 1 saturated heterocycles. The number of hydrogen-bond donors (Lipinski definition) is 1. The second-order valence-corrected chi connectivity index (χ2v) is 12.7. The van der Waals surface area contributed by atoms with Crippen molar-refractivity contribution in [2.24, 2.45) is 0 Å². The number of alkyl halides is 6. The van der Waals surface area contributed by atoms with Crippen molar-refractivity contribution in [3.63, 3.8) is 0 Å². The van der Waals surface area contributed by atoms with E-state index in [0.29, 0.717) is 43.5 Å². The summed E-state index contributed by atoms with van der Waals surface area (Å²) in [5.74, 6) is 1.43. The molecular formula is C31H30F6N6O3S. The predicted molar refractivity (Wildman–Crippen MR) is 165 cm³/mol. The van der Waals surface area contributed by atoms with Crippen molar-refractivity contribution in [2.75, 3.05) is 36.4 Å². The Labute approximate surface area is 269 Å². The van der Waals surface area contributed by atoms with E-state index in [1.165, 1.54) is 23.5 Å². The number of benzene rings is 2. The summed E-state index contributed by atoms with van der Waals surface area (Å²) < 4.78 is 86.0. The van der Waals surface area contributed by atoms with Crippen molar-refractivity contribution in [3.05, 3.63) is 81.0 Å². The molecule has 2 fully saturated rings. The summed E-state index contributed by atoms with van der Waals surface area (Å²) in [7, 11) is 0. The van der Waals surface area contributed by atoms with Gasteiger partial charge in [-0.2, -0.15) is 26.3 Å². The van der Waals surface area contributed by atoms with Crippen LogP contribution in [0.25, 0.3) is 10.2 Å². The maximum Gasteiger partial charge on any atom is 0.423 e. The fourth-order valence-electron chi connectivity index (χ4n) is 5.94. The molecule has 1 saturated carbocycles. The Hall–Kier alpha value is -4.18. The van der Waals surface area contributed by atoms with Crippen LogP contribution in [0.1, 0.15) is 41.8 Å². The number of halogens is 6. The minimum Gasteiger partial charge on any atom is -0.489 e. The summed E-state index contributed by atoms with van der Waals surface area (Å²) >= 11 is 1.40. The molecule has 0 radical (unpaired) electrons. The second kappa shape index (κ2) is 13.1. The highest BCUT2D eigenvalue weighted by molar-refractivity contribution is 7.18. The number of nitrogens with zero attached hydrogens (tertiary/aromatic N) is 5. The molecule has 6 rings (SSSR count). The minimum absolute atomic E-state index is 0.0746. The third-order valence-electron chi connectivity index (χ3n) is 8.38. The van der Waals surface area contributed by atoms with Crippen molar-refractivity contribution in [1.82, 2.24) is 14.9 Å². The highest BCUT2D eigenvalue weighted by atomic mass is 32.1. The van der Waals surface area contributed by atoms with Crippen LogP contribution in [0.4, 0.5) is 43.5 Å². The first-order chi connectivity index (χ1) is 22.3. The van der Waals surface area contributed by atoms with Crippen LogP contribution >= 0.6 is 11.3 Å². The van der Waals surface area contributed by atoms with Crippen LogP contribution in [0.3, 0.4) is 0 Å². The predicted octanol–water partition coefficient (Wildman–Crippen LogP) is 7.76. The van der Waals surface area contributed by atoms with E-state index < -0.39 is 34.1 Å². The van der Waals surface area contributed by atoms with Gasteiger partial charge in [0.2, 0.25) is 0 Å². The molecule has 0 unspecified atom stereocenters. The van der Waals surface area contributed by atoms with Gasteiger partial charge in [0, 0.05) is 44.0 Å². The molecule has 0 bridgehead atoms. The number of pyridine rings is 1. The lowest BCUT2D eigenvalue weighted by molar-refractivity contribution is -0.388. The Morgan fingerprint density at radius 3 is 2.32 bits per heavy atom. The molecule has 2 aromatic carbocycles. The molecule has 3 heterocycles. The Kier molecular flexibility index (Phi) is 9.16. The van der Waals surface area contributed by atoms with Gasteiger partial charge < -0.3 is 15.0 Å². The van der Waals surface area contributed by atoms with E-state index in [4.69, 9.17) is 4.74 Å². The average Bonchev–Trinajstić information content (AvgIpc) is 3.43. The number of ether oxygens (including phenoxy) is 1. The second-order valence-electron chi connectivity index (χ2n) is 11.6. The Morgan fingerprint density at radius 1 is 0.936 bits per heavy atom. The van der Waals surface area contributed by atoms with Crippen LogP contribution < -0.4 is 15.0 Å².